The zero-order valence-electron chi connectivity index (χ0n) is 16.5. The fourth-order valence-corrected chi connectivity index (χ4v) is 2.85. The SMILES string of the molecule is Cc1c(NC(=O)Nc2ccc(-n3nc(C(F)(F)F)cc3C(F)(F)F)cc2)cccc1[N+](=O)[O-]. The lowest BCUT2D eigenvalue weighted by molar-refractivity contribution is -0.385. The van der Waals surface area contributed by atoms with Crippen LogP contribution in [0.1, 0.15) is 17.0 Å². The molecule has 0 aliphatic rings. The molecule has 0 saturated carbocycles. The number of urea groups is 1. The highest BCUT2D eigenvalue weighted by Gasteiger charge is 2.42. The van der Waals surface area contributed by atoms with Crippen LogP contribution in [0.15, 0.2) is 48.5 Å². The Bertz CT molecular complexity index is 1200. The van der Waals surface area contributed by atoms with Crippen LogP contribution in [-0.4, -0.2) is 20.7 Å². The van der Waals surface area contributed by atoms with Gasteiger partial charge in [0.2, 0.25) is 0 Å². The van der Waals surface area contributed by atoms with E-state index in [0.29, 0.717) is 0 Å². The van der Waals surface area contributed by atoms with Gasteiger partial charge in [0.05, 0.1) is 21.9 Å². The Morgan fingerprint density at radius 3 is 2.18 bits per heavy atom. The summed E-state index contributed by atoms with van der Waals surface area (Å²) >= 11 is 0. The third-order valence-corrected chi connectivity index (χ3v) is 4.41. The first-order valence-corrected chi connectivity index (χ1v) is 8.94. The maximum atomic E-state index is 13.2. The second-order valence-corrected chi connectivity index (χ2v) is 6.65. The predicted octanol–water partition coefficient (Wildman–Crippen LogP) is 5.77. The van der Waals surface area contributed by atoms with Gasteiger partial charge in [0.15, 0.2) is 5.69 Å². The molecule has 0 spiro atoms. The summed E-state index contributed by atoms with van der Waals surface area (Å²) in [6, 6.07) is 7.54. The van der Waals surface area contributed by atoms with E-state index in [2.05, 4.69) is 15.7 Å². The number of carbonyl (C=O) groups is 1. The third kappa shape index (κ3) is 5.22. The molecule has 8 nitrogen and oxygen atoms in total. The average Bonchev–Trinajstić information content (AvgIpc) is 3.16. The van der Waals surface area contributed by atoms with Crippen molar-refractivity contribution in [3.05, 3.63) is 75.6 Å². The Morgan fingerprint density at radius 1 is 1.00 bits per heavy atom. The highest BCUT2D eigenvalue weighted by Crippen LogP contribution is 2.36. The van der Waals surface area contributed by atoms with Crippen LogP contribution in [0.4, 0.5) is 48.2 Å². The average molecular weight is 473 g/mol. The minimum Gasteiger partial charge on any atom is -0.308 e. The van der Waals surface area contributed by atoms with Crippen molar-refractivity contribution in [2.24, 2.45) is 0 Å². The molecule has 0 aliphatic heterocycles. The van der Waals surface area contributed by atoms with Crippen LogP contribution < -0.4 is 10.6 Å². The van der Waals surface area contributed by atoms with Crippen molar-refractivity contribution in [2.75, 3.05) is 10.6 Å². The first-order chi connectivity index (χ1) is 15.3. The van der Waals surface area contributed by atoms with Gasteiger partial charge in [0.1, 0.15) is 5.69 Å². The van der Waals surface area contributed by atoms with Gasteiger partial charge < -0.3 is 10.6 Å². The van der Waals surface area contributed by atoms with Gasteiger partial charge in [-0.05, 0) is 37.3 Å². The topological polar surface area (TPSA) is 102 Å². The smallest absolute Gasteiger partial charge is 0.308 e. The highest BCUT2D eigenvalue weighted by atomic mass is 19.4. The molecule has 0 saturated heterocycles. The summed E-state index contributed by atoms with van der Waals surface area (Å²) in [5, 5.41) is 18.8. The number of benzene rings is 2. The van der Waals surface area contributed by atoms with Crippen LogP contribution in [-0.2, 0) is 12.4 Å². The molecule has 1 heterocycles. The number of amides is 2. The Balaban J connectivity index is 1.80. The largest absolute Gasteiger partial charge is 0.435 e. The Morgan fingerprint density at radius 2 is 1.64 bits per heavy atom. The van der Waals surface area contributed by atoms with E-state index in [0.717, 1.165) is 24.3 Å². The summed E-state index contributed by atoms with van der Waals surface area (Å²) in [4.78, 5) is 22.5. The van der Waals surface area contributed by atoms with Crippen LogP contribution in [0, 0.1) is 17.0 Å². The number of rotatable bonds is 4. The van der Waals surface area contributed by atoms with Crippen LogP contribution in [0.25, 0.3) is 5.69 Å². The Hall–Kier alpha value is -4.10. The number of hydrogen-bond acceptors (Lipinski definition) is 4. The van der Waals surface area contributed by atoms with E-state index in [4.69, 9.17) is 0 Å². The van der Waals surface area contributed by atoms with Crippen molar-refractivity contribution in [2.45, 2.75) is 19.3 Å². The van der Waals surface area contributed by atoms with Gasteiger partial charge >= 0.3 is 18.4 Å². The zero-order chi connectivity index (χ0) is 24.6. The van der Waals surface area contributed by atoms with E-state index in [1.165, 1.54) is 25.1 Å². The quantitative estimate of drug-likeness (QED) is 0.285. The number of halogens is 6. The molecule has 33 heavy (non-hydrogen) atoms. The molecule has 2 amide bonds. The molecule has 0 atom stereocenters. The lowest BCUT2D eigenvalue weighted by Crippen LogP contribution is -2.20. The normalized spacial score (nSPS) is 11.8. The summed E-state index contributed by atoms with van der Waals surface area (Å²) in [6.07, 6.45) is -10.2. The number of nitro groups is 1. The molecule has 174 valence electrons. The van der Waals surface area contributed by atoms with Crippen molar-refractivity contribution >= 4 is 23.1 Å². The summed E-state index contributed by atoms with van der Waals surface area (Å²) in [7, 11) is 0. The molecule has 0 fully saturated rings. The fraction of sp³-hybridized carbons (Fsp3) is 0.158. The Kier molecular flexibility index (Phi) is 6.03. The van der Waals surface area contributed by atoms with Crippen LogP contribution in [0.2, 0.25) is 0 Å². The molecule has 0 unspecified atom stereocenters. The summed E-state index contributed by atoms with van der Waals surface area (Å²) in [5.74, 6) is 0. The van der Waals surface area contributed by atoms with Crippen molar-refractivity contribution in [1.82, 2.24) is 9.78 Å². The number of carbonyl (C=O) groups excluding carboxylic acids is 1. The molecule has 14 heteroatoms. The van der Waals surface area contributed by atoms with Crippen LogP contribution in [0.3, 0.4) is 0 Å². The van der Waals surface area contributed by atoms with E-state index in [9.17, 15) is 41.3 Å². The highest BCUT2D eigenvalue weighted by molar-refractivity contribution is 6.00. The molecule has 3 aromatic rings. The van der Waals surface area contributed by atoms with Gasteiger partial charge in [0.25, 0.3) is 5.69 Å². The maximum absolute atomic E-state index is 13.2. The molecule has 0 bridgehead atoms. The molecule has 1 aromatic heterocycles. The predicted molar refractivity (Wildman–Crippen MR) is 104 cm³/mol. The third-order valence-electron chi connectivity index (χ3n) is 4.41. The number of aromatic nitrogens is 2. The van der Waals surface area contributed by atoms with Gasteiger partial charge in [0, 0.05) is 17.8 Å². The molecule has 2 N–H and O–H groups in total. The molecular weight excluding hydrogens is 460 g/mol. The molecule has 0 aliphatic carbocycles. The zero-order valence-corrected chi connectivity index (χ0v) is 16.5. The van der Waals surface area contributed by atoms with E-state index in [1.807, 2.05) is 0 Å². The van der Waals surface area contributed by atoms with Crippen molar-refractivity contribution < 1.29 is 36.1 Å². The number of alkyl halides is 6. The number of hydrogen-bond donors (Lipinski definition) is 2. The number of nitrogens with one attached hydrogen (secondary N) is 2. The number of nitrogens with zero attached hydrogens (tertiary/aromatic N) is 3. The standard InChI is InChI=1S/C19H13F6N5O3/c1-10-13(3-2-4-14(10)30(32)33)27-17(31)26-11-5-7-12(8-6-11)29-16(19(23,24)25)9-15(28-29)18(20,21)22/h2-9H,1H3,(H2,26,27,31). The molecule has 2 aromatic carbocycles. The minimum atomic E-state index is -5.09. The molecule has 3 rings (SSSR count). The Labute approximate surface area is 181 Å². The first kappa shape index (κ1) is 23.6. The van der Waals surface area contributed by atoms with E-state index < -0.39 is 34.7 Å². The van der Waals surface area contributed by atoms with Crippen molar-refractivity contribution in [3.63, 3.8) is 0 Å². The van der Waals surface area contributed by atoms with E-state index in [-0.39, 0.29) is 39.1 Å². The molecular formula is C19H13F6N5O3. The van der Waals surface area contributed by atoms with E-state index >= 15 is 0 Å². The molecule has 0 radical (unpaired) electrons. The van der Waals surface area contributed by atoms with Gasteiger partial charge in [-0.15, -0.1) is 0 Å². The second kappa shape index (κ2) is 8.44. The van der Waals surface area contributed by atoms with Gasteiger partial charge in [-0.2, -0.15) is 31.4 Å². The summed E-state index contributed by atoms with van der Waals surface area (Å²) < 4.78 is 78.1. The fourth-order valence-electron chi connectivity index (χ4n) is 2.85. The van der Waals surface area contributed by atoms with Gasteiger partial charge in [-0.25, -0.2) is 9.48 Å². The van der Waals surface area contributed by atoms with Gasteiger partial charge in [-0.3, -0.25) is 10.1 Å². The second-order valence-electron chi connectivity index (χ2n) is 6.65. The van der Waals surface area contributed by atoms with Gasteiger partial charge in [-0.1, -0.05) is 6.07 Å². The van der Waals surface area contributed by atoms with Crippen molar-refractivity contribution in [3.8, 4) is 5.69 Å². The lowest BCUT2D eigenvalue weighted by Gasteiger charge is -2.12. The summed E-state index contributed by atoms with van der Waals surface area (Å²) in [5.41, 5.74) is -3.40. The number of nitro benzene ring substituents is 1. The van der Waals surface area contributed by atoms with Crippen molar-refractivity contribution in [1.29, 1.82) is 0 Å². The monoisotopic (exact) mass is 473 g/mol. The van der Waals surface area contributed by atoms with Crippen LogP contribution in [0.5, 0.6) is 0 Å². The number of anilines is 2. The first-order valence-electron chi connectivity index (χ1n) is 8.94. The maximum Gasteiger partial charge on any atom is 0.435 e. The van der Waals surface area contributed by atoms with Crippen LogP contribution >= 0.6 is 0 Å². The summed E-state index contributed by atoms with van der Waals surface area (Å²) in [6.45, 7) is 1.43. The lowest BCUT2D eigenvalue weighted by atomic mass is 10.1. The minimum absolute atomic E-state index is 0.0936. The van der Waals surface area contributed by atoms with E-state index in [1.54, 1.807) is 0 Å².